The molecule has 0 aliphatic carbocycles. The van der Waals surface area contributed by atoms with Crippen LogP contribution in [0, 0.1) is 5.82 Å². The Balaban J connectivity index is 2.09. The first-order valence-electron chi connectivity index (χ1n) is 7.03. The molecule has 0 amide bonds. The minimum atomic E-state index is -3.70. The van der Waals surface area contributed by atoms with E-state index in [0.717, 1.165) is 12.3 Å². The zero-order valence-electron chi connectivity index (χ0n) is 13.0. The molecule has 124 valence electrons. The van der Waals surface area contributed by atoms with E-state index in [-0.39, 0.29) is 10.6 Å². The number of nitrogens with one attached hydrogen (secondary N) is 1. The third-order valence-corrected chi connectivity index (χ3v) is 5.46. The van der Waals surface area contributed by atoms with Gasteiger partial charge in [-0.3, -0.25) is 4.72 Å². The molecule has 4 nitrogen and oxygen atoms in total. The predicted molar refractivity (Wildman–Crippen MR) is 92.9 cm³/mol. The molecule has 0 aliphatic rings. The fourth-order valence-corrected chi connectivity index (χ4v) is 3.94. The van der Waals surface area contributed by atoms with Gasteiger partial charge in [0, 0.05) is 17.2 Å². The summed E-state index contributed by atoms with van der Waals surface area (Å²) in [6, 6.07) is 12.4. The maximum absolute atomic E-state index is 14.1. The molecule has 7 heteroatoms. The SMILES string of the molecule is CN(C)CCSc1ccc(NS(=O)(=O)c2ccccc2)cc1F. The van der Waals surface area contributed by atoms with Crippen molar-refractivity contribution in [3.63, 3.8) is 0 Å². The van der Waals surface area contributed by atoms with E-state index in [0.29, 0.717) is 4.90 Å². The Labute approximate surface area is 140 Å². The summed E-state index contributed by atoms with van der Waals surface area (Å²) in [4.78, 5) is 2.67. The summed E-state index contributed by atoms with van der Waals surface area (Å²) in [5.74, 6) is 0.334. The summed E-state index contributed by atoms with van der Waals surface area (Å²) in [7, 11) is 0.212. The Hall–Kier alpha value is -1.57. The Kier molecular flexibility index (Phi) is 6.04. The van der Waals surface area contributed by atoms with E-state index in [1.807, 2.05) is 19.0 Å². The highest BCUT2D eigenvalue weighted by Gasteiger charge is 2.14. The molecule has 0 unspecified atom stereocenters. The van der Waals surface area contributed by atoms with Crippen molar-refractivity contribution in [1.82, 2.24) is 4.90 Å². The van der Waals surface area contributed by atoms with Crippen LogP contribution in [0.15, 0.2) is 58.3 Å². The van der Waals surface area contributed by atoms with Crippen LogP contribution in [0.5, 0.6) is 0 Å². The maximum atomic E-state index is 14.1. The number of sulfonamides is 1. The number of nitrogens with zero attached hydrogens (tertiary/aromatic N) is 1. The highest BCUT2D eigenvalue weighted by atomic mass is 32.2. The van der Waals surface area contributed by atoms with Gasteiger partial charge in [0.2, 0.25) is 0 Å². The molecular formula is C16H19FN2O2S2. The van der Waals surface area contributed by atoms with Gasteiger partial charge in [0.15, 0.2) is 0 Å². The van der Waals surface area contributed by atoms with Gasteiger partial charge in [-0.15, -0.1) is 11.8 Å². The number of hydrogen-bond donors (Lipinski definition) is 1. The summed E-state index contributed by atoms with van der Waals surface area (Å²) in [5.41, 5.74) is 0.211. The second-order valence-corrected chi connectivity index (χ2v) is 8.03. The van der Waals surface area contributed by atoms with Crippen molar-refractivity contribution in [3.8, 4) is 0 Å². The zero-order valence-corrected chi connectivity index (χ0v) is 14.6. The molecule has 0 radical (unpaired) electrons. The van der Waals surface area contributed by atoms with Crippen LogP contribution in [0.1, 0.15) is 0 Å². The first kappa shape index (κ1) is 17.8. The number of halogens is 1. The molecule has 0 atom stereocenters. The van der Waals surface area contributed by atoms with E-state index < -0.39 is 15.8 Å². The lowest BCUT2D eigenvalue weighted by molar-refractivity contribution is 0.437. The Morgan fingerprint density at radius 1 is 1.13 bits per heavy atom. The highest BCUT2D eigenvalue weighted by Crippen LogP contribution is 2.25. The summed E-state index contributed by atoms with van der Waals surface area (Å²) < 4.78 is 40.9. The van der Waals surface area contributed by atoms with Gasteiger partial charge in [-0.1, -0.05) is 18.2 Å². The Morgan fingerprint density at radius 3 is 2.43 bits per heavy atom. The summed E-state index contributed by atoms with van der Waals surface area (Å²) in [6.45, 7) is 0.840. The molecule has 2 aromatic rings. The second kappa shape index (κ2) is 7.81. The van der Waals surface area contributed by atoms with Gasteiger partial charge in [-0.25, -0.2) is 12.8 Å². The maximum Gasteiger partial charge on any atom is 0.261 e. The summed E-state index contributed by atoms with van der Waals surface area (Å²) in [5, 5.41) is 0. The van der Waals surface area contributed by atoms with Crippen LogP contribution in [0.3, 0.4) is 0 Å². The van der Waals surface area contributed by atoms with Crippen molar-refractivity contribution in [2.45, 2.75) is 9.79 Å². The molecule has 2 rings (SSSR count). The minimum absolute atomic E-state index is 0.143. The molecule has 0 saturated carbocycles. The lowest BCUT2D eigenvalue weighted by atomic mass is 10.3. The number of benzene rings is 2. The van der Waals surface area contributed by atoms with Crippen molar-refractivity contribution >= 4 is 27.5 Å². The average molecular weight is 354 g/mol. The zero-order chi connectivity index (χ0) is 16.9. The topological polar surface area (TPSA) is 49.4 Å². The molecule has 0 bridgehead atoms. The van der Waals surface area contributed by atoms with E-state index >= 15 is 0 Å². The fraction of sp³-hybridized carbons (Fsp3) is 0.250. The van der Waals surface area contributed by atoms with Crippen molar-refractivity contribution in [1.29, 1.82) is 0 Å². The first-order chi connectivity index (χ1) is 10.9. The molecular weight excluding hydrogens is 335 g/mol. The number of rotatable bonds is 7. The van der Waals surface area contributed by atoms with Gasteiger partial charge in [-0.2, -0.15) is 0 Å². The van der Waals surface area contributed by atoms with Crippen LogP contribution in [-0.2, 0) is 10.0 Å². The third-order valence-electron chi connectivity index (χ3n) is 3.03. The van der Waals surface area contributed by atoms with Gasteiger partial charge < -0.3 is 4.90 Å². The van der Waals surface area contributed by atoms with Crippen LogP contribution in [-0.4, -0.2) is 39.7 Å². The second-order valence-electron chi connectivity index (χ2n) is 5.22. The van der Waals surface area contributed by atoms with E-state index in [1.54, 1.807) is 30.3 Å². The average Bonchev–Trinajstić information content (AvgIpc) is 2.50. The third kappa shape index (κ3) is 5.23. The number of anilines is 1. The van der Waals surface area contributed by atoms with Crippen molar-refractivity contribution in [3.05, 3.63) is 54.3 Å². The Morgan fingerprint density at radius 2 is 1.83 bits per heavy atom. The van der Waals surface area contributed by atoms with E-state index in [2.05, 4.69) is 4.72 Å². The summed E-state index contributed by atoms with van der Waals surface area (Å²) in [6.07, 6.45) is 0. The molecule has 23 heavy (non-hydrogen) atoms. The van der Waals surface area contributed by atoms with Gasteiger partial charge in [0.25, 0.3) is 10.0 Å². The van der Waals surface area contributed by atoms with Crippen LogP contribution >= 0.6 is 11.8 Å². The molecule has 0 aliphatic heterocycles. The smallest absolute Gasteiger partial charge is 0.261 e. The largest absolute Gasteiger partial charge is 0.309 e. The number of hydrogen-bond acceptors (Lipinski definition) is 4. The fourth-order valence-electron chi connectivity index (χ4n) is 1.83. The van der Waals surface area contributed by atoms with Crippen molar-refractivity contribution in [2.24, 2.45) is 0 Å². The van der Waals surface area contributed by atoms with Gasteiger partial charge in [-0.05, 0) is 44.4 Å². The molecule has 0 aromatic heterocycles. The van der Waals surface area contributed by atoms with Crippen LogP contribution in [0.4, 0.5) is 10.1 Å². The van der Waals surface area contributed by atoms with E-state index in [9.17, 15) is 12.8 Å². The van der Waals surface area contributed by atoms with E-state index in [4.69, 9.17) is 0 Å². The molecule has 2 aromatic carbocycles. The van der Waals surface area contributed by atoms with Gasteiger partial charge in [0.05, 0.1) is 10.6 Å². The monoisotopic (exact) mass is 354 g/mol. The van der Waals surface area contributed by atoms with Crippen LogP contribution in [0.2, 0.25) is 0 Å². The lowest BCUT2D eigenvalue weighted by Gasteiger charge is -2.11. The molecule has 1 N–H and O–H groups in total. The van der Waals surface area contributed by atoms with Gasteiger partial charge >= 0.3 is 0 Å². The molecule has 0 fully saturated rings. The predicted octanol–water partition coefficient (Wildman–Crippen LogP) is 3.28. The lowest BCUT2D eigenvalue weighted by Crippen LogP contribution is -2.15. The Bertz CT molecular complexity index is 750. The first-order valence-corrected chi connectivity index (χ1v) is 9.50. The molecule has 0 spiro atoms. The molecule has 0 saturated heterocycles. The highest BCUT2D eigenvalue weighted by molar-refractivity contribution is 7.99. The summed E-state index contributed by atoms with van der Waals surface area (Å²) >= 11 is 1.40. The van der Waals surface area contributed by atoms with Crippen LogP contribution < -0.4 is 4.72 Å². The number of thioether (sulfide) groups is 1. The van der Waals surface area contributed by atoms with Crippen molar-refractivity contribution < 1.29 is 12.8 Å². The van der Waals surface area contributed by atoms with Crippen molar-refractivity contribution in [2.75, 3.05) is 31.1 Å². The van der Waals surface area contributed by atoms with E-state index in [1.165, 1.54) is 30.0 Å². The van der Waals surface area contributed by atoms with Crippen LogP contribution in [0.25, 0.3) is 0 Å². The normalized spacial score (nSPS) is 11.7. The van der Waals surface area contributed by atoms with Gasteiger partial charge in [0.1, 0.15) is 5.82 Å². The minimum Gasteiger partial charge on any atom is -0.309 e. The standard InChI is InChI=1S/C16H19FN2O2S2/c1-19(2)10-11-22-16-9-8-13(12-15(16)17)18-23(20,21)14-6-4-3-5-7-14/h3-9,12,18H,10-11H2,1-2H3. The quantitative estimate of drug-likeness (QED) is 0.775. The molecule has 0 heterocycles.